The van der Waals surface area contributed by atoms with E-state index in [1.165, 1.54) is 16.5 Å². The zero-order chi connectivity index (χ0) is 9.26. The molecule has 0 saturated heterocycles. The maximum Gasteiger partial charge on any atom is 0.0457 e. The number of hydrogen-bond donors (Lipinski definition) is 2. The van der Waals surface area contributed by atoms with Gasteiger partial charge >= 0.3 is 0 Å². The monoisotopic (exact) mass is 174 g/mol. The first-order valence-corrected chi connectivity index (χ1v) is 4.64. The van der Waals surface area contributed by atoms with E-state index < -0.39 is 0 Å². The molecule has 13 heavy (non-hydrogen) atoms. The molecule has 0 aliphatic rings. The number of nitrogens with two attached hydrogens (primary N) is 1. The van der Waals surface area contributed by atoms with Gasteiger partial charge in [0.25, 0.3) is 0 Å². The maximum atomic E-state index is 5.98. The first-order chi connectivity index (χ1) is 6.33. The van der Waals surface area contributed by atoms with Crippen LogP contribution in [0, 0.1) is 0 Å². The molecule has 0 radical (unpaired) electrons. The Morgan fingerprint density at radius 1 is 1.38 bits per heavy atom. The Labute approximate surface area is 77.8 Å². The van der Waals surface area contributed by atoms with Crippen molar-refractivity contribution in [1.82, 2.24) is 4.98 Å². The molecule has 2 heteroatoms. The molecular formula is C11H14N2. The van der Waals surface area contributed by atoms with Crippen LogP contribution in [0.1, 0.15) is 24.9 Å². The lowest BCUT2D eigenvalue weighted by Gasteiger charge is -2.06. The highest BCUT2D eigenvalue weighted by molar-refractivity contribution is 5.83. The number of fused-ring (bicyclic) bond motifs is 1. The van der Waals surface area contributed by atoms with Gasteiger partial charge in [-0.05, 0) is 18.1 Å². The number of para-hydroxylation sites is 1. The number of rotatable bonds is 2. The lowest BCUT2D eigenvalue weighted by molar-refractivity contribution is 0.704. The molecule has 1 atom stereocenters. The standard InChI is InChI=1S/C11H14N2/c1-2-10(12)9-7-13-11-6-4-3-5-8(9)11/h3-7,10,13H,2,12H2,1H3. The number of aromatic amines is 1. The third-order valence-electron chi connectivity index (χ3n) is 2.46. The van der Waals surface area contributed by atoms with Crippen LogP contribution in [-0.4, -0.2) is 4.98 Å². The van der Waals surface area contributed by atoms with Crippen molar-refractivity contribution in [3.05, 3.63) is 36.0 Å². The van der Waals surface area contributed by atoms with Crippen LogP contribution in [0.4, 0.5) is 0 Å². The second kappa shape index (κ2) is 3.23. The minimum Gasteiger partial charge on any atom is -0.361 e. The summed E-state index contributed by atoms with van der Waals surface area (Å²) in [5.74, 6) is 0. The number of aromatic nitrogens is 1. The average molecular weight is 174 g/mol. The predicted molar refractivity (Wildman–Crippen MR) is 55.5 cm³/mol. The fourth-order valence-electron chi connectivity index (χ4n) is 1.62. The fourth-order valence-corrected chi connectivity index (χ4v) is 1.62. The number of H-pyrrole nitrogens is 1. The number of nitrogens with one attached hydrogen (secondary N) is 1. The molecule has 0 bridgehead atoms. The van der Waals surface area contributed by atoms with Crippen molar-refractivity contribution in [3.63, 3.8) is 0 Å². The topological polar surface area (TPSA) is 41.8 Å². The average Bonchev–Trinajstić information content (AvgIpc) is 2.60. The Morgan fingerprint density at radius 3 is 2.92 bits per heavy atom. The van der Waals surface area contributed by atoms with E-state index in [0.29, 0.717) is 0 Å². The minimum absolute atomic E-state index is 0.149. The van der Waals surface area contributed by atoms with Crippen molar-refractivity contribution >= 4 is 10.9 Å². The van der Waals surface area contributed by atoms with Crippen LogP contribution in [-0.2, 0) is 0 Å². The van der Waals surface area contributed by atoms with Crippen LogP contribution in [0.25, 0.3) is 10.9 Å². The molecule has 0 fully saturated rings. The first kappa shape index (κ1) is 8.32. The highest BCUT2D eigenvalue weighted by atomic mass is 14.7. The predicted octanol–water partition coefficient (Wildman–Crippen LogP) is 2.58. The maximum absolute atomic E-state index is 5.98. The van der Waals surface area contributed by atoms with Gasteiger partial charge in [0.1, 0.15) is 0 Å². The molecule has 1 unspecified atom stereocenters. The van der Waals surface area contributed by atoms with E-state index in [2.05, 4.69) is 24.0 Å². The van der Waals surface area contributed by atoms with E-state index in [1.807, 2.05) is 18.3 Å². The van der Waals surface area contributed by atoms with Crippen molar-refractivity contribution in [2.75, 3.05) is 0 Å². The lowest BCUT2D eigenvalue weighted by Crippen LogP contribution is -2.07. The second-order valence-electron chi connectivity index (χ2n) is 3.30. The summed E-state index contributed by atoms with van der Waals surface area (Å²) in [6, 6.07) is 8.40. The van der Waals surface area contributed by atoms with Gasteiger partial charge in [0.15, 0.2) is 0 Å². The van der Waals surface area contributed by atoms with E-state index in [-0.39, 0.29) is 6.04 Å². The molecule has 1 aromatic heterocycles. The summed E-state index contributed by atoms with van der Waals surface area (Å²) in [6.07, 6.45) is 2.99. The lowest BCUT2D eigenvalue weighted by atomic mass is 10.1. The van der Waals surface area contributed by atoms with Gasteiger partial charge in [-0.1, -0.05) is 25.1 Å². The summed E-state index contributed by atoms with van der Waals surface area (Å²) in [6.45, 7) is 2.10. The summed E-state index contributed by atoms with van der Waals surface area (Å²) >= 11 is 0. The van der Waals surface area contributed by atoms with Gasteiger partial charge in [-0.25, -0.2) is 0 Å². The highest BCUT2D eigenvalue weighted by Crippen LogP contribution is 2.23. The van der Waals surface area contributed by atoms with E-state index in [0.717, 1.165) is 6.42 Å². The molecule has 3 N–H and O–H groups in total. The number of hydrogen-bond acceptors (Lipinski definition) is 1. The minimum atomic E-state index is 0.149. The molecule has 0 aliphatic heterocycles. The Hall–Kier alpha value is -1.28. The molecule has 1 heterocycles. The largest absolute Gasteiger partial charge is 0.361 e. The van der Waals surface area contributed by atoms with Crippen molar-refractivity contribution in [1.29, 1.82) is 0 Å². The fraction of sp³-hybridized carbons (Fsp3) is 0.273. The zero-order valence-corrected chi connectivity index (χ0v) is 7.75. The van der Waals surface area contributed by atoms with Gasteiger partial charge in [-0.3, -0.25) is 0 Å². The van der Waals surface area contributed by atoms with Crippen LogP contribution in [0.2, 0.25) is 0 Å². The Balaban J connectivity index is 2.57. The van der Waals surface area contributed by atoms with Gasteiger partial charge in [0.2, 0.25) is 0 Å². The number of benzene rings is 1. The van der Waals surface area contributed by atoms with E-state index in [1.54, 1.807) is 0 Å². The summed E-state index contributed by atoms with van der Waals surface area (Å²) < 4.78 is 0. The molecule has 0 saturated carbocycles. The van der Waals surface area contributed by atoms with Crippen molar-refractivity contribution in [3.8, 4) is 0 Å². The summed E-state index contributed by atoms with van der Waals surface area (Å²) in [5.41, 5.74) is 8.37. The highest BCUT2D eigenvalue weighted by Gasteiger charge is 2.08. The first-order valence-electron chi connectivity index (χ1n) is 4.64. The van der Waals surface area contributed by atoms with Crippen LogP contribution < -0.4 is 5.73 Å². The van der Waals surface area contributed by atoms with Gasteiger partial charge in [0.05, 0.1) is 0 Å². The molecule has 0 amide bonds. The van der Waals surface area contributed by atoms with Gasteiger partial charge in [0, 0.05) is 23.1 Å². The summed E-state index contributed by atoms with van der Waals surface area (Å²) in [7, 11) is 0. The molecule has 2 aromatic rings. The van der Waals surface area contributed by atoms with E-state index in [4.69, 9.17) is 5.73 Å². The Morgan fingerprint density at radius 2 is 2.15 bits per heavy atom. The van der Waals surface area contributed by atoms with E-state index in [9.17, 15) is 0 Å². The molecule has 1 aromatic carbocycles. The van der Waals surface area contributed by atoms with Crippen molar-refractivity contribution in [2.45, 2.75) is 19.4 Å². The van der Waals surface area contributed by atoms with E-state index >= 15 is 0 Å². The molecular weight excluding hydrogens is 160 g/mol. The second-order valence-corrected chi connectivity index (χ2v) is 3.30. The van der Waals surface area contributed by atoms with Crippen LogP contribution >= 0.6 is 0 Å². The molecule has 0 spiro atoms. The van der Waals surface area contributed by atoms with Crippen molar-refractivity contribution < 1.29 is 0 Å². The normalized spacial score (nSPS) is 13.4. The van der Waals surface area contributed by atoms with Crippen LogP contribution in [0.3, 0.4) is 0 Å². The van der Waals surface area contributed by atoms with Crippen LogP contribution in [0.15, 0.2) is 30.5 Å². The van der Waals surface area contributed by atoms with Gasteiger partial charge in [-0.15, -0.1) is 0 Å². The summed E-state index contributed by atoms with van der Waals surface area (Å²) in [5, 5.41) is 1.25. The Bertz CT molecular complexity index is 403. The third-order valence-corrected chi connectivity index (χ3v) is 2.46. The van der Waals surface area contributed by atoms with Gasteiger partial charge in [-0.2, -0.15) is 0 Å². The SMILES string of the molecule is CCC(N)c1c[nH]c2ccccc12. The molecule has 68 valence electrons. The molecule has 2 nitrogen and oxygen atoms in total. The summed E-state index contributed by atoms with van der Waals surface area (Å²) in [4.78, 5) is 3.22. The zero-order valence-electron chi connectivity index (χ0n) is 7.75. The molecule has 0 aliphatic carbocycles. The van der Waals surface area contributed by atoms with Crippen molar-refractivity contribution in [2.24, 2.45) is 5.73 Å². The van der Waals surface area contributed by atoms with Crippen LogP contribution in [0.5, 0.6) is 0 Å². The van der Waals surface area contributed by atoms with Gasteiger partial charge < -0.3 is 10.7 Å². The smallest absolute Gasteiger partial charge is 0.0457 e. The Kier molecular flexibility index (Phi) is 2.07. The third kappa shape index (κ3) is 1.33. The molecule has 2 rings (SSSR count). The quantitative estimate of drug-likeness (QED) is 0.722.